The van der Waals surface area contributed by atoms with E-state index in [2.05, 4.69) is 15.6 Å². The lowest BCUT2D eigenvalue weighted by atomic mass is 9.93. The number of pyridine rings is 1. The van der Waals surface area contributed by atoms with Gasteiger partial charge in [-0.1, -0.05) is 23.2 Å². The van der Waals surface area contributed by atoms with Crippen LogP contribution >= 0.6 is 23.2 Å². The van der Waals surface area contributed by atoms with E-state index in [-0.39, 0.29) is 5.96 Å². The van der Waals surface area contributed by atoms with Gasteiger partial charge in [-0.25, -0.2) is 0 Å². The van der Waals surface area contributed by atoms with Crippen molar-refractivity contribution in [3.63, 3.8) is 0 Å². The SMILES string of the molecule is CNC(=N)NC(C)(C=O)c1ccnc(-c2cc(Cl)cc(Cl)c2)c1. The fraction of sp³-hybridized carbons (Fsp3) is 0.188. The Labute approximate surface area is 144 Å². The van der Waals surface area contributed by atoms with Crippen LogP contribution in [0.5, 0.6) is 0 Å². The number of nitrogens with one attached hydrogen (secondary N) is 3. The summed E-state index contributed by atoms with van der Waals surface area (Å²) in [6.07, 6.45) is 2.36. The highest BCUT2D eigenvalue weighted by Gasteiger charge is 2.27. The van der Waals surface area contributed by atoms with Crippen molar-refractivity contribution in [2.45, 2.75) is 12.5 Å². The van der Waals surface area contributed by atoms with Gasteiger partial charge in [-0.05, 0) is 42.8 Å². The van der Waals surface area contributed by atoms with Gasteiger partial charge in [0.05, 0.1) is 5.69 Å². The topological polar surface area (TPSA) is 77.9 Å². The molecular formula is C16H16Cl2N4O. The summed E-state index contributed by atoms with van der Waals surface area (Å²) in [5, 5.41) is 14.2. The normalized spacial score (nSPS) is 13.0. The van der Waals surface area contributed by atoms with Crippen molar-refractivity contribution in [3.05, 3.63) is 52.1 Å². The fourth-order valence-electron chi connectivity index (χ4n) is 2.11. The number of halogens is 2. The van der Waals surface area contributed by atoms with Gasteiger partial charge in [0.15, 0.2) is 5.96 Å². The van der Waals surface area contributed by atoms with Gasteiger partial charge >= 0.3 is 0 Å². The zero-order chi connectivity index (χ0) is 17.0. The lowest BCUT2D eigenvalue weighted by Crippen LogP contribution is -2.48. The fourth-order valence-corrected chi connectivity index (χ4v) is 2.63. The van der Waals surface area contributed by atoms with Gasteiger partial charge in [-0.15, -0.1) is 0 Å². The third kappa shape index (κ3) is 4.00. The first-order valence-electron chi connectivity index (χ1n) is 6.82. The van der Waals surface area contributed by atoms with E-state index < -0.39 is 5.54 Å². The number of aromatic nitrogens is 1. The van der Waals surface area contributed by atoms with E-state index in [1.165, 1.54) is 0 Å². The van der Waals surface area contributed by atoms with Crippen LogP contribution in [0.15, 0.2) is 36.5 Å². The Hall–Kier alpha value is -2.11. The van der Waals surface area contributed by atoms with Gasteiger partial charge in [0.2, 0.25) is 0 Å². The summed E-state index contributed by atoms with van der Waals surface area (Å²) in [6.45, 7) is 1.69. The zero-order valence-electron chi connectivity index (χ0n) is 12.7. The molecule has 1 heterocycles. The highest BCUT2D eigenvalue weighted by atomic mass is 35.5. The van der Waals surface area contributed by atoms with Crippen molar-refractivity contribution >= 4 is 35.4 Å². The van der Waals surface area contributed by atoms with Gasteiger partial charge in [-0.3, -0.25) is 10.4 Å². The molecule has 3 N–H and O–H groups in total. The summed E-state index contributed by atoms with van der Waals surface area (Å²) in [5.41, 5.74) is 1.01. The number of rotatable bonds is 4. The molecule has 23 heavy (non-hydrogen) atoms. The Bertz CT molecular complexity index is 730. The number of nitrogens with zero attached hydrogens (tertiary/aromatic N) is 1. The standard InChI is InChI=1S/C16H16Cl2N4O/c1-16(9-23,22-15(19)20-2)11-3-4-21-14(7-11)10-5-12(17)8-13(18)6-10/h3-9H,1-2H3,(H3,19,20,22). The largest absolute Gasteiger partial charge is 0.360 e. The van der Waals surface area contributed by atoms with Crippen LogP contribution in [0.4, 0.5) is 0 Å². The highest BCUT2D eigenvalue weighted by molar-refractivity contribution is 6.35. The van der Waals surface area contributed by atoms with Crippen LogP contribution in [0.25, 0.3) is 11.3 Å². The predicted molar refractivity (Wildman–Crippen MR) is 93.0 cm³/mol. The molecule has 0 spiro atoms. The van der Waals surface area contributed by atoms with E-state index in [4.69, 9.17) is 28.6 Å². The van der Waals surface area contributed by atoms with E-state index in [0.29, 0.717) is 21.3 Å². The quantitative estimate of drug-likeness (QED) is 0.449. The monoisotopic (exact) mass is 350 g/mol. The molecule has 0 aliphatic carbocycles. The van der Waals surface area contributed by atoms with Gasteiger partial charge in [0.25, 0.3) is 0 Å². The van der Waals surface area contributed by atoms with E-state index in [0.717, 1.165) is 11.8 Å². The molecule has 2 rings (SSSR count). The first kappa shape index (κ1) is 17.2. The number of hydrogen-bond acceptors (Lipinski definition) is 3. The molecule has 0 aliphatic heterocycles. The lowest BCUT2D eigenvalue weighted by molar-refractivity contribution is -0.112. The molecule has 0 bridgehead atoms. The molecule has 1 atom stereocenters. The summed E-state index contributed by atoms with van der Waals surface area (Å²) in [7, 11) is 1.60. The predicted octanol–water partition coefficient (Wildman–Crippen LogP) is 3.21. The Morgan fingerprint density at radius 3 is 2.48 bits per heavy atom. The minimum absolute atomic E-state index is 0.0452. The minimum atomic E-state index is -1.06. The van der Waals surface area contributed by atoms with Crippen molar-refractivity contribution in [2.75, 3.05) is 7.05 Å². The molecule has 0 amide bonds. The number of benzene rings is 1. The highest BCUT2D eigenvalue weighted by Crippen LogP contribution is 2.28. The van der Waals surface area contributed by atoms with E-state index in [9.17, 15) is 4.79 Å². The van der Waals surface area contributed by atoms with Crippen molar-refractivity contribution in [1.29, 1.82) is 5.41 Å². The van der Waals surface area contributed by atoms with Crippen molar-refractivity contribution in [3.8, 4) is 11.3 Å². The second-order valence-corrected chi connectivity index (χ2v) is 6.03. The first-order valence-corrected chi connectivity index (χ1v) is 7.57. The number of aldehydes is 1. The van der Waals surface area contributed by atoms with Crippen molar-refractivity contribution in [2.24, 2.45) is 0 Å². The molecule has 0 saturated heterocycles. The van der Waals surface area contributed by atoms with Gasteiger partial charge < -0.3 is 15.4 Å². The van der Waals surface area contributed by atoms with Gasteiger partial charge in [0.1, 0.15) is 11.8 Å². The molecule has 0 aliphatic rings. The minimum Gasteiger partial charge on any atom is -0.360 e. The van der Waals surface area contributed by atoms with E-state index in [1.807, 2.05) is 0 Å². The summed E-state index contributed by atoms with van der Waals surface area (Å²) in [5.74, 6) is 0.0452. The van der Waals surface area contributed by atoms with Crippen LogP contribution in [-0.4, -0.2) is 24.3 Å². The van der Waals surface area contributed by atoms with Crippen LogP contribution in [0.3, 0.4) is 0 Å². The van der Waals surface area contributed by atoms with Crippen LogP contribution in [0.1, 0.15) is 12.5 Å². The molecular weight excluding hydrogens is 335 g/mol. The van der Waals surface area contributed by atoms with Crippen LogP contribution in [0.2, 0.25) is 10.0 Å². The number of carbonyl (C=O) groups is 1. The molecule has 1 unspecified atom stereocenters. The molecule has 5 nitrogen and oxygen atoms in total. The van der Waals surface area contributed by atoms with E-state index in [1.54, 1.807) is 50.5 Å². The molecule has 0 saturated carbocycles. The average molecular weight is 351 g/mol. The third-order valence-corrected chi connectivity index (χ3v) is 3.82. The molecule has 0 fully saturated rings. The summed E-state index contributed by atoms with van der Waals surface area (Å²) in [6, 6.07) is 8.63. The summed E-state index contributed by atoms with van der Waals surface area (Å²) >= 11 is 12.1. The van der Waals surface area contributed by atoms with Crippen molar-refractivity contribution < 1.29 is 4.79 Å². The van der Waals surface area contributed by atoms with Crippen molar-refractivity contribution in [1.82, 2.24) is 15.6 Å². The molecule has 1 aromatic carbocycles. The maximum atomic E-state index is 11.6. The first-order chi connectivity index (χ1) is 10.9. The average Bonchev–Trinajstić information content (AvgIpc) is 2.53. The Morgan fingerprint density at radius 2 is 1.91 bits per heavy atom. The van der Waals surface area contributed by atoms with Crippen LogP contribution in [0, 0.1) is 5.41 Å². The smallest absolute Gasteiger partial charge is 0.189 e. The summed E-state index contributed by atoms with van der Waals surface area (Å²) < 4.78 is 0. The Kier molecular flexibility index (Phi) is 5.23. The number of hydrogen-bond donors (Lipinski definition) is 3. The summed E-state index contributed by atoms with van der Waals surface area (Å²) in [4.78, 5) is 15.9. The second-order valence-electron chi connectivity index (χ2n) is 5.16. The Morgan fingerprint density at radius 1 is 1.26 bits per heavy atom. The van der Waals surface area contributed by atoms with Crippen LogP contribution < -0.4 is 10.6 Å². The lowest BCUT2D eigenvalue weighted by Gasteiger charge is -2.26. The number of carbonyl (C=O) groups excluding carboxylic acids is 1. The van der Waals surface area contributed by atoms with Gasteiger partial charge in [-0.2, -0.15) is 0 Å². The molecule has 7 heteroatoms. The molecule has 2 aromatic rings. The van der Waals surface area contributed by atoms with Crippen LogP contribution in [-0.2, 0) is 10.3 Å². The van der Waals surface area contributed by atoms with Gasteiger partial charge in [0, 0.05) is 28.9 Å². The zero-order valence-corrected chi connectivity index (χ0v) is 14.2. The van der Waals surface area contributed by atoms with E-state index >= 15 is 0 Å². The maximum Gasteiger partial charge on any atom is 0.189 e. The maximum absolute atomic E-state index is 11.6. The Balaban J connectivity index is 2.46. The molecule has 0 radical (unpaired) electrons. The molecule has 120 valence electrons. The molecule has 1 aromatic heterocycles. The number of guanidine groups is 1. The third-order valence-electron chi connectivity index (χ3n) is 3.39. The second kappa shape index (κ2) is 6.98.